The monoisotopic (exact) mass is 276 g/mol. The third-order valence-corrected chi connectivity index (χ3v) is 2.45. The van der Waals surface area contributed by atoms with Crippen LogP contribution in [0.4, 0.5) is 18.9 Å². The number of methoxy groups -OCH3 is 1. The Balaban J connectivity index is 2.95. The van der Waals surface area contributed by atoms with E-state index < -0.39 is 17.6 Å². The van der Waals surface area contributed by atoms with Gasteiger partial charge in [0.1, 0.15) is 0 Å². The lowest BCUT2D eigenvalue weighted by molar-refractivity contribution is -0.136. The average molecular weight is 276 g/mol. The fourth-order valence-corrected chi connectivity index (χ4v) is 1.51. The van der Waals surface area contributed by atoms with Crippen molar-refractivity contribution < 1.29 is 22.7 Å². The lowest BCUT2D eigenvalue weighted by Crippen LogP contribution is -2.27. The van der Waals surface area contributed by atoms with Crippen LogP contribution in [0.2, 0.25) is 0 Å². The summed E-state index contributed by atoms with van der Waals surface area (Å²) in [5.74, 6) is -0.565. The SMILES string of the molecule is CNc1ccc(C(=O)NCCOC)cc1C(F)(F)F. The van der Waals surface area contributed by atoms with Gasteiger partial charge < -0.3 is 15.4 Å². The molecule has 0 saturated carbocycles. The Morgan fingerprint density at radius 3 is 2.58 bits per heavy atom. The molecule has 0 aliphatic heterocycles. The van der Waals surface area contributed by atoms with Crippen LogP contribution >= 0.6 is 0 Å². The zero-order valence-corrected chi connectivity index (χ0v) is 10.6. The highest BCUT2D eigenvalue weighted by atomic mass is 19.4. The van der Waals surface area contributed by atoms with Crippen LogP contribution in [0.3, 0.4) is 0 Å². The maximum absolute atomic E-state index is 12.8. The van der Waals surface area contributed by atoms with Crippen LogP contribution in [0.1, 0.15) is 15.9 Å². The van der Waals surface area contributed by atoms with Gasteiger partial charge in [-0.1, -0.05) is 0 Å². The number of halogens is 3. The Hall–Kier alpha value is -1.76. The molecule has 0 radical (unpaired) electrons. The van der Waals surface area contributed by atoms with Crippen LogP contribution in [-0.4, -0.2) is 33.2 Å². The molecule has 0 aromatic heterocycles. The van der Waals surface area contributed by atoms with E-state index in [2.05, 4.69) is 10.6 Å². The molecule has 106 valence electrons. The van der Waals surface area contributed by atoms with Gasteiger partial charge in [0.15, 0.2) is 0 Å². The highest BCUT2D eigenvalue weighted by Crippen LogP contribution is 2.35. The zero-order chi connectivity index (χ0) is 14.5. The van der Waals surface area contributed by atoms with Crippen LogP contribution < -0.4 is 10.6 Å². The third kappa shape index (κ3) is 4.13. The summed E-state index contributed by atoms with van der Waals surface area (Å²) in [5.41, 5.74) is -0.974. The molecule has 0 saturated heterocycles. The molecule has 7 heteroatoms. The van der Waals surface area contributed by atoms with Crippen molar-refractivity contribution in [2.45, 2.75) is 6.18 Å². The number of amides is 1. The summed E-state index contributed by atoms with van der Waals surface area (Å²) < 4.78 is 43.1. The smallest absolute Gasteiger partial charge is 0.388 e. The summed E-state index contributed by atoms with van der Waals surface area (Å²) in [5, 5.41) is 4.91. The first-order valence-electron chi connectivity index (χ1n) is 5.56. The normalized spacial score (nSPS) is 11.2. The molecule has 1 rings (SSSR count). The maximum Gasteiger partial charge on any atom is 0.418 e. The number of alkyl halides is 3. The van der Waals surface area contributed by atoms with Crippen molar-refractivity contribution >= 4 is 11.6 Å². The minimum atomic E-state index is -4.51. The number of carbonyl (C=O) groups excluding carboxylic acids is 1. The number of benzene rings is 1. The zero-order valence-electron chi connectivity index (χ0n) is 10.6. The first kappa shape index (κ1) is 15.3. The molecule has 1 amide bonds. The van der Waals surface area contributed by atoms with Gasteiger partial charge in [-0.3, -0.25) is 4.79 Å². The van der Waals surface area contributed by atoms with Gasteiger partial charge in [-0.15, -0.1) is 0 Å². The van der Waals surface area contributed by atoms with Crippen LogP contribution in [-0.2, 0) is 10.9 Å². The number of ether oxygens (including phenoxy) is 1. The largest absolute Gasteiger partial charge is 0.418 e. The van der Waals surface area contributed by atoms with Gasteiger partial charge in [-0.25, -0.2) is 0 Å². The average Bonchev–Trinajstić information content (AvgIpc) is 2.37. The molecule has 0 heterocycles. The summed E-state index contributed by atoms with van der Waals surface area (Å²) >= 11 is 0. The molecule has 0 aliphatic carbocycles. The number of nitrogens with one attached hydrogen (secondary N) is 2. The summed E-state index contributed by atoms with van der Waals surface area (Å²) in [6.07, 6.45) is -4.51. The molecule has 1 aromatic carbocycles. The van der Waals surface area contributed by atoms with Crippen LogP contribution in [0, 0.1) is 0 Å². The number of carbonyl (C=O) groups is 1. The molecule has 0 spiro atoms. The van der Waals surface area contributed by atoms with Crippen molar-refractivity contribution in [3.63, 3.8) is 0 Å². The highest BCUT2D eigenvalue weighted by Gasteiger charge is 2.34. The Kier molecular flexibility index (Phi) is 5.17. The Morgan fingerprint density at radius 1 is 1.37 bits per heavy atom. The van der Waals surface area contributed by atoms with Crippen LogP contribution in [0.15, 0.2) is 18.2 Å². The number of hydrogen-bond donors (Lipinski definition) is 2. The van der Waals surface area contributed by atoms with E-state index in [0.717, 1.165) is 6.07 Å². The minimum Gasteiger partial charge on any atom is -0.388 e. The lowest BCUT2D eigenvalue weighted by atomic mass is 10.1. The van der Waals surface area contributed by atoms with Gasteiger partial charge >= 0.3 is 6.18 Å². The molecule has 0 aliphatic rings. The lowest BCUT2D eigenvalue weighted by Gasteiger charge is -2.14. The molecule has 0 fully saturated rings. The van der Waals surface area contributed by atoms with Gasteiger partial charge in [-0.2, -0.15) is 13.2 Å². The summed E-state index contributed by atoms with van der Waals surface area (Å²) in [6.45, 7) is 0.539. The third-order valence-electron chi connectivity index (χ3n) is 2.45. The summed E-state index contributed by atoms with van der Waals surface area (Å²) in [7, 11) is 2.86. The van der Waals surface area contributed by atoms with Crippen molar-refractivity contribution in [3.05, 3.63) is 29.3 Å². The summed E-state index contributed by atoms with van der Waals surface area (Å²) in [6, 6.07) is 3.39. The second-order valence-corrected chi connectivity index (χ2v) is 3.76. The fourth-order valence-electron chi connectivity index (χ4n) is 1.51. The van der Waals surface area contributed by atoms with Gasteiger partial charge in [0.05, 0.1) is 12.2 Å². The molecular formula is C12H15F3N2O2. The number of hydrogen-bond acceptors (Lipinski definition) is 3. The molecule has 0 unspecified atom stereocenters. The van der Waals surface area contributed by atoms with Gasteiger partial charge in [-0.05, 0) is 18.2 Å². The number of rotatable bonds is 5. The van der Waals surface area contributed by atoms with Crippen molar-refractivity contribution in [1.82, 2.24) is 5.32 Å². The fraction of sp³-hybridized carbons (Fsp3) is 0.417. The summed E-state index contributed by atoms with van der Waals surface area (Å²) in [4.78, 5) is 11.6. The van der Waals surface area contributed by atoms with E-state index in [-0.39, 0.29) is 17.8 Å². The maximum atomic E-state index is 12.8. The molecule has 2 N–H and O–H groups in total. The highest BCUT2D eigenvalue weighted by molar-refractivity contribution is 5.95. The van der Waals surface area contributed by atoms with Gasteiger partial charge in [0.2, 0.25) is 0 Å². The topological polar surface area (TPSA) is 50.4 Å². The van der Waals surface area contributed by atoms with E-state index in [4.69, 9.17) is 4.74 Å². The Morgan fingerprint density at radius 2 is 2.05 bits per heavy atom. The Bertz CT molecular complexity index is 447. The molecular weight excluding hydrogens is 261 g/mol. The molecule has 1 aromatic rings. The second kappa shape index (κ2) is 6.42. The van der Waals surface area contributed by atoms with E-state index in [1.807, 2.05) is 0 Å². The van der Waals surface area contributed by atoms with Crippen molar-refractivity contribution in [3.8, 4) is 0 Å². The van der Waals surface area contributed by atoms with E-state index in [1.165, 1.54) is 26.3 Å². The van der Waals surface area contributed by atoms with Crippen LogP contribution in [0.5, 0.6) is 0 Å². The quantitative estimate of drug-likeness (QED) is 0.810. The van der Waals surface area contributed by atoms with E-state index in [9.17, 15) is 18.0 Å². The van der Waals surface area contributed by atoms with Crippen molar-refractivity contribution in [2.24, 2.45) is 0 Å². The predicted molar refractivity (Wildman–Crippen MR) is 65.2 cm³/mol. The predicted octanol–water partition coefficient (Wildman–Crippen LogP) is 2.12. The van der Waals surface area contributed by atoms with Gasteiger partial charge in [0.25, 0.3) is 5.91 Å². The minimum absolute atomic E-state index is 0.0394. The van der Waals surface area contributed by atoms with E-state index in [1.54, 1.807) is 0 Å². The van der Waals surface area contributed by atoms with Crippen molar-refractivity contribution in [2.75, 3.05) is 32.6 Å². The number of anilines is 1. The molecule has 0 bridgehead atoms. The second-order valence-electron chi connectivity index (χ2n) is 3.76. The van der Waals surface area contributed by atoms with Gasteiger partial charge in [0, 0.05) is 32.0 Å². The standard InChI is InChI=1S/C12H15F3N2O2/c1-16-10-4-3-8(7-9(10)12(13,14)15)11(18)17-5-6-19-2/h3-4,7,16H,5-6H2,1-2H3,(H,17,18). The molecule has 19 heavy (non-hydrogen) atoms. The van der Waals surface area contributed by atoms with Crippen LogP contribution in [0.25, 0.3) is 0 Å². The molecule has 0 atom stereocenters. The Labute approximate surface area is 108 Å². The van der Waals surface area contributed by atoms with E-state index >= 15 is 0 Å². The first-order chi connectivity index (χ1) is 8.90. The van der Waals surface area contributed by atoms with Crippen molar-refractivity contribution in [1.29, 1.82) is 0 Å². The first-order valence-corrected chi connectivity index (χ1v) is 5.56. The molecule has 4 nitrogen and oxygen atoms in total. The van der Waals surface area contributed by atoms with E-state index in [0.29, 0.717) is 6.61 Å².